The number of nitrogens with zero attached hydrogens (tertiary/aromatic N) is 1. The molecule has 0 saturated heterocycles. The van der Waals surface area contributed by atoms with Crippen molar-refractivity contribution in [3.05, 3.63) is 70.8 Å². The van der Waals surface area contributed by atoms with Crippen LogP contribution < -0.4 is 0 Å². The Hall–Kier alpha value is -2.21. The summed E-state index contributed by atoms with van der Waals surface area (Å²) in [6.45, 7) is 0. The minimum absolute atomic E-state index is 0.310. The molecular weight excluding hydrogens is 256 g/mol. The molecule has 0 N–H and O–H groups in total. The van der Waals surface area contributed by atoms with E-state index >= 15 is 0 Å². The van der Waals surface area contributed by atoms with Crippen molar-refractivity contribution < 1.29 is 8.78 Å². The second-order valence-electron chi connectivity index (χ2n) is 5.43. The van der Waals surface area contributed by atoms with Crippen LogP contribution in [0.15, 0.2) is 42.5 Å². The third kappa shape index (κ3) is 2.18. The van der Waals surface area contributed by atoms with Gasteiger partial charge in [-0.25, -0.2) is 8.78 Å². The number of hydrogen-bond acceptors (Lipinski definition) is 1. The number of nitriles is 1. The van der Waals surface area contributed by atoms with Gasteiger partial charge in [0.25, 0.3) is 0 Å². The summed E-state index contributed by atoms with van der Waals surface area (Å²) >= 11 is 0. The van der Waals surface area contributed by atoms with Gasteiger partial charge >= 0.3 is 0 Å². The van der Waals surface area contributed by atoms with E-state index < -0.39 is 17.0 Å². The highest BCUT2D eigenvalue weighted by Crippen LogP contribution is 2.39. The lowest BCUT2D eigenvalue weighted by atomic mass is 9.80. The summed E-state index contributed by atoms with van der Waals surface area (Å²) in [7, 11) is 0. The Morgan fingerprint density at radius 3 is 2.25 bits per heavy atom. The number of halogens is 2. The molecule has 100 valence electrons. The van der Waals surface area contributed by atoms with Gasteiger partial charge in [-0.15, -0.1) is 0 Å². The molecule has 0 bridgehead atoms. The van der Waals surface area contributed by atoms with Crippen LogP contribution in [-0.4, -0.2) is 0 Å². The molecule has 20 heavy (non-hydrogen) atoms. The van der Waals surface area contributed by atoms with Gasteiger partial charge < -0.3 is 0 Å². The maximum atomic E-state index is 13.8. The minimum atomic E-state index is -0.623. The molecule has 0 fully saturated rings. The highest BCUT2D eigenvalue weighted by Gasteiger charge is 2.38. The van der Waals surface area contributed by atoms with Crippen molar-refractivity contribution >= 4 is 0 Å². The highest BCUT2D eigenvalue weighted by molar-refractivity contribution is 5.38. The molecule has 2 aromatic carbocycles. The lowest BCUT2D eigenvalue weighted by molar-refractivity contribution is 0.408. The fourth-order valence-corrected chi connectivity index (χ4v) is 2.97. The fourth-order valence-electron chi connectivity index (χ4n) is 2.97. The van der Waals surface area contributed by atoms with E-state index in [2.05, 4.69) is 6.07 Å². The lowest BCUT2D eigenvalue weighted by Crippen LogP contribution is -2.23. The third-order valence-corrected chi connectivity index (χ3v) is 3.96. The maximum Gasteiger partial charge on any atom is 0.129 e. The second-order valence-corrected chi connectivity index (χ2v) is 5.43. The van der Waals surface area contributed by atoms with Crippen molar-refractivity contribution in [3.63, 3.8) is 0 Å². The van der Waals surface area contributed by atoms with Crippen LogP contribution >= 0.6 is 0 Å². The van der Waals surface area contributed by atoms with Gasteiger partial charge in [0.15, 0.2) is 0 Å². The SMILES string of the molecule is N#CC1(Cc2ccc(F)cc2F)Cc2ccccc2C1. The molecular formula is C17H13F2N. The summed E-state index contributed by atoms with van der Waals surface area (Å²) < 4.78 is 26.7. The molecule has 0 amide bonds. The molecule has 0 heterocycles. The topological polar surface area (TPSA) is 23.8 Å². The van der Waals surface area contributed by atoms with Crippen LogP contribution in [-0.2, 0) is 19.3 Å². The van der Waals surface area contributed by atoms with Crippen LogP contribution in [0, 0.1) is 28.4 Å². The Bertz CT molecular complexity index is 675. The standard InChI is InChI=1S/C17H13F2N/c18-15-6-5-14(16(19)7-15)10-17(11-20)8-12-3-1-2-4-13(12)9-17/h1-7H,8-10H2. The van der Waals surface area contributed by atoms with Crippen molar-refractivity contribution in [2.75, 3.05) is 0 Å². The Kier molecular flexibility index (Phi) is 3.02. The van der Waals surface area contributed by atoms with Crippen LogP contribution in [0.3, 0.4) is 0 Å². The smallest absolute Gasteiger partial charge is 0.129 e. The monoisotopic (exact) mass is 269 g/mol. The molecule has 1 aliphatic rings. The Labute approximate surface area is 116 Å². The first kappa shape index (κ1) is 12.8. The minimum Gasteiger partial charge on any atom is -0.207 e. The van der Waals surface area contributed by atoms with E-state index in [1.54, 1.807) is 0 Å². The molecule has 0 unspecified atom stereocenters. The van der Waals surface area contributed by atoms with E-state index in [1.165, 1.54) is 12.1 Å². The van der Waals surface area contributed by atoms with Crippen LogP contribution in [0.4, 0.5) is 8.78 Å². The van der Waals surface area contributed by atoms with Gasteiger partial charge in [-0.2, -0.15) is 5.26 Å². The number of fused-ring (bicyclic) bond motifs is 1. The summed E-state index contributed by atoms with van der Waals surface area (Å²) in [4.78, 5) is 0. The molecule has 3 rings (SSSR count). The van der Waals surface area contributed by atoms with Crippen LogP contribution in [0.5, 0.6) is 0 Å². The Morgan fingerprint density at radius 1 is 1.05 bits per heavy atom. The van der Waals surface area contributed by atoms with Gasteiger partial charge in [-0.1, -0.05) is 30.3 Å². The van der Waals surface area contributed by atoms with Crippen LogP contribution in [0.1, 0.15) is 16.7 Å². The molecule has 2 aromatic rings. The first-order valence-corrected chi connectivity index (χ1v) is 6.54. The largest absolute Gasteiger partial charge is 0.207 e. The molecule has 1 aliphatic carbocycles. The summed E-state index contributed by atoms with van der Waals surface area (Å²) in [6, 6.07) is 13.8. The zero-order chi connectivity index (χ0) is 14.2. The summed E-state index contributed by atoms with van der Waals surface area (Å²) in [5, 5.41) is 9.55. The number of hydrogen-bond donors (Lipinski definition) is 0. The predicted octanol–water partition coefficient (Wildman–Crippen LogP) is 3.82. The van der Waals surface area contributed by atoms with E-state index in [1.807, 2.05) is 24.3 Å². The van der Waals surface area contributed by atoms with Crippen molar-refractivity contribution in [2.45, 2.75) is 19.3 Å². The molecule has 3 heteroatoms. The first-order chi connectivity index (χ1) is 9.62. The van der Waals surface area contributed by atoms with Crippen molar-refractivity contribution in [3.8, 4) is 6.07 Å². The Morgan fingerprint density at radius 2 is 1.70 bits per heavy atom. The van der Waals surface area contributed by atoms with Gasteiger partial charge in [-0.3, -0.25) is 0 Å². The van der Waals surface area contributed by atoms with Crippen molar-refractivity contribution in [1.82, 2.24) is 0 Å². The molecule has 0 atom stereocenters. The predicted molar refractivity (Wildman–Crippen MR) is 72.0 cm³/mol. The average Bonchev–Trinajstić information content (AvgIpc) is 2.81. The molecule has 0 aliphatic heterocycles. The number of benzene rings is 2. The van der Waals surface area contributed by atoms with Gasteiger partial charge in [0, 0.05) is 6.07 Å². The Balaban J connectivity index is 1.92. The molecule has 0 aromatic heterocycles. The van der Waals surface area contributed by atoms with Crippen LogP contribution in [0.25, 0.3) is 0 Å². The third-order valence-electron chi connectivity index (χ3n) is 3.96. The van der Waals surface area contributed by atoms with E-state index in [9.17, 15) is 14.0 Å². The molecule has 0 saturated carbocycles. The summed E-state index contributed by atoms with van der Waals surface area (Å²) in [5.41, 5.74) is 2.08. The zero-order valence-corrected chi connectivity index (χ0v) is 10.9. The summed E-state index contributed by atoms with van der Waals surface area (Å²) in [5.74, 6) is -1.16. The second kappa shape index (κ2) is 4.72. The lowest BCUT2D eigenvalue weighted by Gasteiger charge is -2.20. The molecule has 0 radical (unpaired) electrons. The van der Waals surface area contributed by atoms with E-state index in [0.29, 0.717) is 24.8 Å². The van der Waals surface area contributed by atoms with Gasteiger partial charge in [-0.05, 0) is 42.0 Å². The quantitative estimate of drug-likeness (QED) is 0.813. The van der Waals surface area contributed by atoms with Crippen LogP contribution in [0.2, 0.25) is 0 Å². The van der Waals surface area contributed by atoms with Crippen molar-refractivity contribution in [2.24, 2.45) is 5.41 Å². The van der Waals surface area contributed by atoms with E-state index in [-0.39, 0.29) is 0 Å². The normalized spacial score (nSPS) is 15.7. The summed E-state index contributed by atoms with van der Waals surface area (Å²) in [6.07, 6.45) is 1.55. The molecule has 1 nitrogen and oxygen atoms in total. The van der Waals surface area contributed by atoms with Gasteiger partial charge in [0.2, 0.25) is 0 Å². The highest BCUT2D eigenvalue weighted by atomic mass is 19.1. The van der Waals surface area contributed by atoms with E-state index in [4.69, 9.17) is 0 Å². The first-order valence-electron chi connectivity index (χ1n) is 6.54. The maximum absolute atomic E-state index is 13.8. The van der Waals surface area contributed by atoms with Crippen molar-refractivity contribution in [1.29, 1.82) is 5.26 Å². The van der Waals surface area contributed by atoms with E-state index in [0.717, 1.165) is 17.2 Å². The average molecular weight is 269 g/mol. The van der Waals surface area contributed by atoms with Gasteiger partial charge in [0.1, 0.15) is 11.6 Å². The molecule has 0 spiro atoms. The van der Waals surface area contributed by atoms with Gasteiger partial charge in [0.05, 0.1) is 11.5 Å². The number of rotatable bonds is 2. The fraction of sp³-hybridized carbons (Fsp3) is 0.235. The zero-order valence-electron chi connectivity index (χ0n) is 10.9.